The third-order valence-corrected chi connectivity index (χ3v) is 2.44. The second-order valence-electron chi connectivity index (χ2n) is 3.84. The SMILES string of the molecule is CCCCCNCc1cc(N)ccc1N.Cl. The fourth-order valence-corrected chi connectivity index (χ4v) is 1.50. The van der Waals surface area contributed by atoms with E-state index in [0.717, 1.165) is 30.0 Å². The van der Waals surface area contributed by atoms with Crippen LogP contribution in [0.25, 0.3) is 0 Å². The van der Waals surface area contributed by atoms with Crippen LogP contribution >= 0.6 is 12.4 Å². The molecule has 1 aromatic rings. The van der Waals surface area contributed by atoms with E-state index in [1.54, 1.807) is 0 Å². The highest BCUT2D eigenvalue weighted by Crippen LogP contribution is 2.14. The van der Waals surface area contributed by atoms with Gasteiger partial charge in [-0.25, -0.2) is 0 Å². The lowest BCUT2D eigenvalue weighted by molar-refractivity contribution is 0.617. The minimum atomic E-state index is 0. The monoisotopic (exact) mass is 243 g/mol. The average molecular weight is 244 g/mol. The molecule has 0 fully saturated rings. The number of hydrogen-bond donors (Lipinski definition) is 3. The molecule has 0 saturated carbocycles. The van der Waals surface area contributed by atoms with Crippen LogP contribution in [-0.4, -0.2) is 6.54 Å². The lowest BCUT2D eigenvalue weighted by Crippen LogP contribution is -2.15. The minimum Gasteiger partial charge on any atom is -0.399 e. The Balaban J connectivity index is 0.00000225. The summed E-state index contributed by atoms with van der Waals surface area (Å²) in [5.74, 6) is 0. The Kier molecular flexibility index (Phi) is 7.77. The lowest BCUT2D eigenvalue weighted by Gasteiger charge is -2.08. The van der Waals surface area contributed by atoms with Crippen molar-refractivity contribution in [2.24, 2.45) is 0 Å². The van der Waals surface area contributed by atoms with E-state index in [4.69, 9.17) is 11.5 Å². The van der Waals surface area contributed by atoms with Gasteiger partial charge in [-0.05, 0) is 36.7 Å². The van der Waals surface area contributed by atoms with Crippen LogP contribution in [-0.2, 0) is 6.54 Å². The maximum Gasteiger partial charge on any atom is 0.0361 e. The van der Waals surface area contributed by atoms with Gasteiger partial charge in [0, 0.05) is 17.9 Å². The molecule has 0 aliphatic rings. The largest absolute Gasteiger partial charge is 0.399 e. The van der Waals surface area contributed by atoms with Crippen LogP contribution in [0, 0.1) is 0 Å². The van der Waals surface area contributed by atoms with Gasteiger partial charge in [0.05, 0.1) is 0 Å². The molecule has 0 atom stereocenters. The van der Waals surface area contributed by atoms with E-state index in [2.05, 4.69) is 12.2 Å². The van der Waals surface area contributed by atoms with Gasteiger partial charge in [-0.3, -0.25) is 0 Å². The zero-order valence-corrected chi connectivity index (χ0v) is 10.6. The van der Waals surface area contributed by atoms with E-state index in [0.29, 0.717) is 0 Å². The van der Waals surface area contributed by atoms with Crippen LogP contribution in [0.5, 0.6) is 0 Å². The van der Waals surface area contributed by atoms with E-state index in [9.17, 15) is 0 Å². The number of anilines is 2. The summed E-state index contributed by atoms with van der Waals surface area (Å²) >= 11 is 0. The Morgan fingerprint density at radius 1 is 1.19 bits per heavy atom. The molecule has 0 radical (unpaired) electrons. The molecule has 0 unspecified atom stereocenters. The highest BCUT2D eigenvalue weighted by molar-refractivity contribution is 5.85. The Bertz CT molecular complexity index is 302. The number of nitrogen functional groups attached to an aromatic ring is 2. The molecule has 4 heteroatoms. The Morgan fingerprint density at radius 2 is 1.94 bits per heavy atom. The topological polar surface area (TPSA) is 64.1 Å². The van der Waals surface area contributed by atoms with Crippen molar-refractivity contribution in [3.05, 3.63) is 23.8 Å². The van der Waals surface area contributed by atoms with Gasteiger partial charge in [0.2, 0.25) is 0 Å². The summed E-state index contributed by atoms with van der Waals surface area (Å²) in [5.41, 5.74) is 14.2. The number of nitrogens with two attached hydrogens (primary N) is 2. The van der Waals surface area contributed by atoms with Crippen molar-refractivity contribution in [1.82, 2.24) is 5.32 Å². The fourth-order valence-electron chi connectivity index (χ4n) is 1.50. The molecule has 0 aliphatic heterocycles. The Morgan fingerprint density at radius 3 is 2.62 bits per heavy atom. The molecule has 0 saturated heterocycles. The third kappa shape index (κ3) is 5.24. The van der Waals surface area contributed by atoms with E-state index >= 15 is 0 Å². The van der Waals surface area contributed by atoms with Gasteiger partial charge in [-0.15, -0.1) is 12.4 Å². The van der Waals surface area contributed by atoms with Crippen molar-refractivity contribution in [1.29, 1.82) is 0 Å². The summed E-state index contributed by atoms with van der Waals surface area (Å²) in [4.78, 5) is 0. The molecule has 0 heterocycles. The number of halogens is 1. The highest BCUT2D eigenvalue weighted by atomic mass is 35.5. The van der Waals surface area contributed by atoms with Gasteiger partial charge in [0.25, 0.3) is 0 Å². The predicted octanol–water partition coefficient (Wildman–Crippen LogP) is 2.55. The van der Waals surface area contributed by atoms with E-state index < -0.39 is 0 Å². The van der Waals surface area contributed by atoms with Gasteiger partial charge < -0.3 is 16.8 Å². The normalized spacial score (nSPS) is 9.81. The summed E-state index contributed by atoms with van der Waals surface area (Å²) in [6.07, 6.45) is 3.75. The van der Waals surface area contributed by atoms with Crippen LogP contribution in [0.2, 0.25) is 0 Å². The molecule has 0 amide bonds. The van der Waals surface area contributed by atoms with Crippen molar-refractivity contribution >= 4 is 23.8 Å². The fraction of sp³-hybridized carbons (Fsp3) is 0.500. The van der Waals surface area contributed by atoms with Crippen molar-refractivity contribution in [2.45, 2.75) is 32.7 Å². The second kappa shape index (κ2) is 8.25. The first kappa shape index (κ1) is 15.1. The lowest BCUT2D eigenvalue weighted by atomic mass is 10.1. The molecule has 0 aliphatic carbocycles. The summed E-state index contributed by atoms with van der Waals surface area (Å²) in [6, 6.07) is 5.62. The first-order chi connectivity index (χ1) is 7.24. The standard InChI is InChI=1S/C12H21N3.ClH/c1-2-3-4-7-15-9-10-8-11(13)5-6-12(10)14;/h5-6,8,15H,2-4,7,9,13-14H2,1H3;1H. The van der Waals surface area contributed by atoms with Gasteiger partial charge in [-0.1, -0.05) is 19.8 Å². The molecule has 3 nitrogen and oxygen atoms in total. The molecule has 92 valence electrons. The van der Waals surface area contributed by atoms with Crippen molar-refractivity contribution < 1.29 is 0 Å². The molecule has 0 spiro atoms. The smallest absolute Gasteiger partial charge is 0.0361 e. The summed E-state index contributed by atoms with van der Waals surface area (Å²) in [7, 11) is 0. The summed E-state index contributed by atoms with van der Waals surface area (Å²) in [5, 5.41) is 3.37. The number of hydrogen-bond acceptors (Lipinski definition) is 3. The summed E-state index contributed by atoms with van der Waals surface area (Å²) in [6.45, 7) is 4.05. The molecule has 0 aromatic heterocycles. The first-order valence-electron chi connectivity index (χ1n) is 5.58. The van der Waals surface area contributed by atoms with Crippen molar-refractivity contribution in [3.63, 3.8) is 0 Å². The summed E-state index contributed by atoms with van der Waals surface area (Å²) < 4.78 is 0. The Hall–Kier alpha value is -0.930. The van der Waals surface area contributed by atoms with E-state index in [-0.39, 0.29) is 12.4 Å². The number of rotatable bonds is 6. The molecule has 0 bridgehead atoms. The molecule has 1 aromatic carbocycles. The molecular weight excluding hydrogens is 222 g/mol. The maximum atomic E-state index is 5.83. The van der Waals surface area contributed by atoms with Crippen LogP contribution in [0.1, 0.15) is 31.7 Å². The number of unbranched alkanes of at least 4 members (excludes halogenated alkanes) is 2. The van der Waals surface area contributed by atoms with E-state index in [1.165, 1.54) is 19.3 Å². The quantitative estimate of drug-likeness (QED) is 0.532. The van der Waals surface area contributed by atoms with Gasteiger partial charge in [-0.2, -0.15) is 0 Å². The van der Waals surface area contributed by atoms with Crippen molar-refractivity contribution in [2.75, 3.05) is 18.0 Å². The van der Waals surface area contributed by atoms with E-state index in [1.807, 2.05) is 18.2 Å². The van der Waals surface area contributed by atoms with Crippen LogP contribution in [0.3, 0.4) is 0 Å². The third-order valence-electron chi connectivity index (χ3n) is 2.44. The zero-order chi connectivity index (χ0) is 11.1. The minimum absolute atomic E-state index is 0. The van der Waals surface area contributed by atoms with Gasteiger partial charge in [0.1, 0.15) is 0 Å². The molecular formula is C12H22ClN3. The molecule has 1 rings (SSSR count). The van der Waals surface area contributed by atoms with Gasteiger partial charge >= 0.3 is 0 Å². The molecule has 16 heavy (non-hydrogen) atoms. The average Bonchev–Trinajstić information content (AvgIpc) is 2.23. The first-order valence-corrected chi connectivity index (χ1v) is 5.58. The highest BCUT2D eigenvalue weighted by Gasteiger charge is 1.98. The zero-order valence-electron chi connectivity index (χ0n) is 9.83. The van der Waals surface area contributed by atoms with Crippen LogP contribution in [0.15, 0.2) is 18.2 Å². The second-order valence-corrected chi connectivity index (χ2v) is 3.84. The van der Waals surface area contributed by atoms with Crippen LogP contribution in [0.4, 0.5) is 11.4 Å². The predicted molar refractivity (Wildman–Crippen MR) is 73.7 cm³/mol. The Labute approximate surface area is 104 Å². The van der Waals surface area contributed by atoms with Crippen molar-refractivity contribution in [3.8, 4) is 0 Å². The molecule has 5 N–H and O–H groups in total. The number of nitrogens with one attached hydrogen (secondary N) is 1. The van der Waals surface area contributed by atoms with Crippen LogP contribution < -0.4 is 16.8 Å². The number of benzene rings is 1. The van der Waals surface area contributed by atoms with Gasteiger partial charge in [0.15, 0.2) is 0 Å². The maximum absolute atomic E-state index is 5.83.